The van der Waals surface area contributed by atoms with E-state index in [-0.39, 0.29) is 12.5 Å². The van der Waals surface area contributed by atoms with Crippen LogP contribution in [0.1, 0.15) is 78.9 Å². The van der Waals surface area contributed by atoms with Gasteiger partial charge in [-0.05, 0) is 72.4 Å². The molecule has 0 bridgehead atoms. The van der Waals surface area contributed by atoms with Gasteiger partial charge >= 0.3 is 18.4 Å². The lowest BCUT2D eigenvalue weighted by Crippen LogP contribution is -2.53. The van der Waals surface area contributed by atoms with Crippen LogP contribution in [-0.2, 0) is 22.1 Å². The lowest BCUT2D eigenvalue weighted by molar-refractivity contribution is -0.137. The smallest absolute Gasteiger partial charge is 0.429 e. The average molecular weight is 473 g/mol. The molecule has 0 unspecified atom stereocenters. The maximum Gasteiger partial charge on any atom is 0.429 e. The van der Waals surface area contributed by atoms with Crippen molar-refractivity contribution >= 4 is 12.2 Å². The van der Waals surface area contributed by atoms with Crippen LogP contribution < -0.4 is 0 Å². The van der Waals surface area contributed by atoms with Gasteiger partial charge in [0, 0.05) is 0 Å². The first kappa shape index (κ1) is 26.8. The molecule has 0 spiro atoms. The zero-order valence-corrected chi connectivity index (χ0v) is 20.5. The molecule has 1 aromatic rings. The van der Waals surface area contributed by atoms with Crippen molar-refractivity contribution in [2.45, 2.75) is 104 Å². The number of rotatable bonds is 4. The van der Waals surface area contributed by atoms with Crippen molar-refractivity contribution < 1.29 is 32.2 Å². The van der Waals surface area contributed by atoms with Gasteiger partial charge in [0.25, 0.3) is 0 Å². The molecule has 2 atom stereocenters. The molecule has 6 nitrogen and oxygen atoms in total. The first-order valence-electron chi connectivity index (χ1n) is 11.2. The van der Waals surface area contributed by atoms with Crippen molar-refractivity contribution in [2.24, 2.45) is 0 Å². The summed E-state index contributed by atoms with van der Waals surface area (Å²) in [7, 11) is 0. The van der Waals surface area contributed by atoms with Crippen LogP contribution in [0.15, 0.2) is 24.3 Å². The van der Waals surface area contributed by atoms with Crippen molar-refractivity contribution in [1.82, 2.24) is 10.0 Å². The lowest BCUT2D eigenvalue weighted by atomic mass is 9.98. The number of ether oxygens (including phenoxy) is 2. The van der Waals surface area contributed by atoms with E-state index >= 15 is 0 Å². The standard InChI is InChI=1S/C24H35F3N2O4/c1-8-10-18-15-19(14-16-11-9-12-17(13-16)24(25,26)27)29(21(31)33-23(5,6)7)28(18)20(30)32-22(2,3)4/h9,11-13,18-19H,8,10,14-15H2,1-7H3/t18-,19-/m1/s1. The van der Waals surface area contributed by atoms with Crippen LogP contribution in [0.5, 0.6) is 0 Å². The fourth-order valence-electron chi connectivity index (χ4n) is 3.85. The summed E-state index contributed by atoms with van der Waals surface area (Å²) in [6, 6.07) is 4.13. The molecule has 1 heterocycles. The summed E-state index contributed by atoms with van der Waals surface area (Å²) in [6.07, 6.45) is -3.97. The molecule has 9 heteroatoms. The predicted octanol–water partition coefficient (Wildman–Crippen LogP) is 6.58. The van der Waals surface area contributed by atoms with Gasteiger partial charge in [0.2, 0.25) is 0 Å². The molecule has 0 radical (unpaired) electrons. The summed E-state index contributed by atoms with van der Waals surface area (Å²) in [5.74, 6) is 0. The number of carbonyl (C=O) groups excluding carboxylic acids is 2. The fraction of sp³-hybridized carbons (Fsp3) is 0.667. The van der Waals surface area contributed by atoms with Crippen molar-refractivity contribution in [3.63, 3.8) is 0 Å². The maximum atomic E-state index is 13.2. The van der Waals surface area contributed by atoms with E-state index < -0.39 is 41.2 Å². The Morgan fingerprint density at radius 2 is 1.45 bits per heavy atom. The van der Waals surface area contributed by atoms with Crippen molar-refractivity contribution in [2.75, 3.05) is 0 Å². The van der Waals surface area contributed by atoms with E-state index in [1.54, 1.807) is 47.6 Å². The summed E-state index contributed by atoms with van der Waals surface area (Å²) in [5.41, 5.74) is -1.94. The van der Waals surface area contributed by atoms with E-state index in [1.165, 1.54) is 16.1 Å². The first-order valence-corrected chi connectivity index (χ1v) is 11.2. The van der Waals surface area contributed by atoms with E-state index in [9.17, 15) is 22.8 Å². The molecule has 1 aromatic carbocycles. The Bertz CT molecular complexity index is 843. The van der Waals surface area contributed by atoms with Gasteiger partial charge in [-0.3, -0.25) is 0 Å². The molecule has 0 N–H and O–H groups in total. The second-order valence-corrected chi connectivity index (χ2v) is 10.4. The zero-order chi connectivity index (χ0) is 25.2. The molecule has 1 fully saturated rings. The fourth-order valence-corrected chi connectivity index (χ4v) is 3.85. The van der Waals surface area contributed by atoms with Gasteiger partial charge < -0.3 is 9.47 Å². The third-order valence-corrected chi connectivity index (χ3v) is 4.98. The third kappa shape index (κ3) is 7.54. The highest BCUT2D eigenvalue weighted by Crippen LogP contribution is 2.35. The van der Waals surface area contributed by atoms with Gasteiger partial charge in [-0.15, -0.1) is 0 Å². The van der Waals surface area contributed by atoms with Crippen LogP contribution in [-0.4, -0.2) is 45.5 Å². The Kier molecular flexibility index (Phi) is 7.97. The summed E-state index contributed by atoms with van der Waals surface area (Å²) in [4.78, 5) is 26.3. The molecule has 1 saturated heterocycles. The molecule has 0 aromatic heterocycles. The Morgan fingerprint density at radius 3 is 1.91 bits per heavy atom. The molecule has 2 rings (SSSR count). The number of carbonyl (C=O) groups is 2. The molecule has 1 aliphatic rings. The zero-order valence-electron chi connectivity index (χ0n) is 20.5. The Morgan fingerprint density at radius 1 is 0.939 bits per heavy atom. The first-order chi connectivity index (χ1) is 15.0. The molecule has 0 aliphatic carbocycles. The van der Waals surface area contributed by atoms with E-state index in [0.717, 1.165) is 18.6 Å². The molecular weight excluding hydrogens is 437 g/mol. The predicted molar refractivity (Wildman–Crippen MR) is 118 cm³/mol. The molecular formula is C24H35F3N2O4. The van der Waals surface area contributed by atoms with Crippen LogP contribution in [0.3, 0.4) is 0 Å². The van der Waals surface area contributed by atoms with E-state index in [4.69, 9.17) is 9.47 Å². The van der Waals surface area contributed by atoms with Crippen LogP contribution in [0.2, 0.25) is 0 Å². The molecule has 0 saturated carbocycles. The number of alkyl halides is 3. The summed E-state index contributed by atoms with van der Waals surface area (Å²) >= 11 is 0. The van der Waals surface area contributed by atoms with Crippen LogP contribution >= 0.6 is 0 Å². The highest BCUT2D eigenvalue weighted by molar-refractivity contribution is 5.76. The van der Waals surface area contributed by atoms with Gasteiger partial charge in [0.15, 0.2) is 0 Å². The maximum absolute atomic E-state index is 13.2. The van der Waals surface area contributed by atoms with Crippen LogP contribution in [0.4, 0.5) is 22.8 Å². The minimum atomic E-state index is -4.47. The second kappa shape index (κ2) is 9.81. The van der Waals surface area contributed by atoms with Gasteiger partial charge in [0.1, 0.15) is 11.2 Å². The number of hydrogen-bond acceptors (Lipinski definition) is 4. The van der Waals surface area contributed by atoms with E-state index in [0.29, 0.717) is 18.4 Å². The normalized spacial score (nSPS) is 19.6. The molecule has 33 heavy (non-hydrogen) atoms. The third-order valence-electron chi connectivity index (χ3n) is 4.98. The molecule has 1 aliphatic heterocycles. The lowest BCUT2D eigenvalue weighted by Gasteiger charge is -2.36. The molecule has 2 amide bonds. The largest absolute Gasteiger partial charge is 0.442 e. The molecule has 186 valence electrons. The number of halogens is 3. The summed E-state index contributed by atoms with van der Waals surface area (Å²) in [5, 5.41) is 2.53. The van der Waals surface area contributed by atoms with E-state index in [1.807, 2.05) is 6.92 Å². The quantitative estimate of drug-likeness (QED) is 0.497. The summed E-state index contributed by atoms with van der Waals surface area (Å²) in [6.45, 7) is 12.3. The Balaban J connectivity index is 2.44. The van der Waals surface area contributed by atoms with Gasteiger partial charge in [0.05, 0.1) is 17.6 Å². The highest BCUT2D eigenvalue weighted by Gasteiger charge is 2.47. The highest BCUT2D eigenvalue weighted by atomic mass is 19.4. The van der Waals surface area contributed by atoms with Crippen molar-refractivity contribution in [3.8, 4) is 0 Å². The van der Waals surface area contributed by atoms with Crippen molar-refractivity contribution in [1.29, 1.82) is 0 Å². The number of amides is 2. The van der Waals surface area contributed by atoms with Gasteiger partial charge in [-0.25, -0.2) is 19.6 Å². The number of nitrogens with zero attached hydrogens (tertiary/aromatic N) is 2. The number of benzene rings is 1. The minimum Gasteiger partial charge on any atom is -0.442 e. The van der Waals surface area contributed by atoms with Crippen LogP contribution in [0.25, 0.3) is 0 Å². The number of hydrazine groups is 1. The number of hydrogen-bond donors (Lipinski definition) is 0. The monoisotopic (exact) mass is 472 g/mol. The topological polar surface area (TPSA) is 59.1 Å². The van der Waals surface area contributed by atoms with Crippen molar-refractivity contribution in [3.05, 3.63) is 35.4 Å². The average Bonchev–Trinajstić information content (AvgIpc) is 2.97. The minimum absolute atomic E-state index is 0.142. The van der Waals surface area contributed by atoms with E-state index in [2.05, 4.69) is 0 Å². The Labute approximate surface area is 194 Å². The van der Waals surface area contributed by atoms with Gasteiger partial charge in [-0.2, -0.15) is 13.2 Å². The Hall–Kier alpha value is -2.45. The second-order valence-electron chi connectivity index (χ2n) is 10.4. The SMILES string of the molecule is CCC[C@@H]1C[C@@H](Cc2cccc(C(F)(F)F)c2)N(C(=O)OC(C)(C)C)N1C(=O)OC(C)(C)C. The van der Waals surface area contributed by atoms with Crippen LogP contribution in [0, 0.1) is 0 Å². The van der Waals surface area contributed by atoms with Gasteiger partial charge in [-0.1, -0.05) is 31.5 Å². The summed E-state index contributed by atoms with van der Waals surface area (Å²) < 4.78 is 50.7.